The number of hydrogen-bond acceptors (Lipinski definition) is 3. The highest BCUT2D eigenvalue weighted by Crippen LogP contribution is 2.38. The number of ketones is 1. The van der Waals surface area contributed by atoms with Crippen molar-refractivity contribution in [2.75, 3.05) is 0 Å². The van der Waals surface area contributed by atoms with Gasteiger partial charge in [0.25, 0.3) is 0 Å². The highest BCUT2D eigenvalue weighted by Gasteiger charge is 2.46. The maximum absolute atomic E-state index is 12.7. The number of likely N-dealkylation sites (tertiary alicyclic amines) is 1. The minimum Gasteiger partial charge on any atom is -0.480 e. The predicted octanol–water partition coefficient (Wildman–Crippen LogP) is 1.86. The molecule has 1 aromatic carbocycles. The fourth-order valence-electron chi connectivity index (χ4n) is 3.64. The zero-order valence-electron chi connectivity index (χ0n) is 12.3. The molecule has 5 heteroatoms. The first-order chi connectivity index (χ1) is 10.6. The number of carboxylic acids is 1. The molecule has 22 heavy (non-hydrogen) atoms. The van der Waals surface area contributed by atoms with Crippen LogP contribution in [0.1, 0.15) is 31.2 Å². The number of benzene rings is 1. The Hall–Kier alpha value is -2.17. The Kier molecular flexibility index (Phi) is 3.96. The third-order valence-corrected chi connectivity index (χ3v) is 4.78. The van der Waals surface area contributed by atoms with Gasteiger partial charge in [-0.25, -0.2) is 4.79 Å². The van der Waals surface area contributed by atoms with Crippen LogP contribution in [0.4, 0.5) is 0 Å². The minimum atomic E-state index is -0.985. The zero-order valence-corrected chi connectivity index (χ0v) is 12.3. The second kappa shape index (κ2) is 5.91. The van der Waals surface area contributed by atoms with Gasteiger partial charge in [-0.3, -0.25) is 9.59 Å². The lowest BCUT2D eigenvalue weighted by Gasteiger charge is -2.43. The summed E-state index contributed by atoms with van der Waals surface area (Å²) >= 11 is 0. The molecule has 0 spiro atoms. The largest absolute Gasteiger partial charge is 0.480 e. The molecule has 3 atom stereocenters. The van der Waals surface area contributed by atoms with Gasteiger partial charge in [0.15, 0.2) is 0 Å². The van der Waals surface area contributed by atoms with Crippen LogP contribution in [0.15, 0.2) is 30.3 Å². The summed E-state index contributed by atoms with van der Waals surface area (Å²) in [5, 5.41) is 9.48. The molecule has 1 amide bonds. The lowest BCUT2D eigenvalue weighted by Crippen LogP contribution is -2.55. The van der Waals surface area contributed by atoms with Crippen LogP contribution in [-0.4, -0.2) is 33.7 Å². The van der Waals surface area contributed by atoms with Crippen LogP contribution < -0.4 is 0 Å². The molecule has 2 fully saturated rings. The third kappa shape index (κ3) is 2.75. The number of amides is 1. The smallest absolute Gasteiger partial charge is 0.326 e. The summed E-state index contributed by atoms with van der Waals surface area (Å²) in [6.45, 7) is 0.313. The predicted molar refractivity (Wildman–Crippen MR) is 78.9 cm³/mol. The van der Waals surface area contributed by atoms with Crippen LogP contribution in [0.25, 0.3) is 0 Å². The molecule has 1 heterocycles. The number of hydrogen-bond donors (Lipinski definition) is 1. The number of rotatable bonds is 3. The van der Waals surface area contributed by atoms with E-state index in [2.05, 4.69) is 0 Å². The van der Waals surface area contributed by atoms with Gasteiger partial charge in [-0.2, -0.15) is 0 Å². The van der Waals surface area contributed by atoms with Crippen LogP contribution in [-0.2, 0) is 20.9 Å². The summed E-state index contributed by atoms with van der Waals surface area (Å²) in [5.74, 6) is -1.26. The molecule has 1 aliphatic heterocycles. The van der Waals surface area contributed by atoms with E-state index in [1.807, 2.05) is 30.3 Å². The highest BCUT2D eigenvalue weighted by atomic mass is 16.4. The van der Waals surface area contributed by atoms with Crippen molar-refractivity contribution in [3.05, 3.63) is 35.9 Å². The highest BCUT2D eigenvalue weighted by molar-refractivity contribution is 5.89. The van der Waals surface area contributed by atoms with Gasteiger partial charge in [-0.05, 0) is 24.3 Å². The Balaban J connectivity index is 1.85. The van der Waals surface area contributed by atoms with Crippen LogP contribution in [0, 0.1) is 11.8 Å². The van der Waals surface area contributed by atoms with Crippen molar-refractivity contribution >= 4 is 17.7 Å². The van der Waals surface area contributed by atoms with Crippen LogP contribution in [0.3, 0.4) is 0 Å². The number of Topliss-reactive ketones (excluding diaryl/α,β-unsaturated/α-hetero) is 1. The molecule has 1 saturated heterocycles. The summed E-state index contributed by atoms with van der Waals surface area (Å²) in [4.78, 5) is 37.4. The molecule has 2 aliphatic rings. The molecule has 3 rings (SSSR count). The van der Waals surface area contributed by atoms with Gasteiger partial charge in [0.1, 0.15) is 11.8 Å². The summed E-state index contributed by atoms with van der Waals surface area (Å²) in [5.41, 5.74) is 0.924. The quantitative estimate of drug-likeness (QED) is 0.924. The Morgan fingerprint density at radius 1 is 1.23 bits per heavy atom. The van der Waals surface area contributed by atoms with Gasteiger partial charge in [-0.1, -0.05) is 30.3 Å². The Morgan fingerprint density at radius 2 is 1.95 bits per heavy atom. The average Bonchev–Trinajstić information content (AvgIpc) is 2.50. The van der Waals surface area contributed by atoms with Crippen LogP contribution in [0.5, 0.6) is 0 Å². The van der Waals surface area contributed by atoms with Crippen molar-refractivity contribution < 1.29 is 19.5 Å². The number of carboxylic acid groups (broad SMARTS) is 1. The van der Waals surface area contributed by atoms with Crippen molar-refractivity contribution in [2.45, 2.75) is 38.3 Å². The van der Waals surface area contributed by atoms with Gasteiger partial charge in [0, 0.05) is 25.3 Å². The number of carbonyl (C=O) groups is 3. The maximum Gasteiger partial charge on any atom is 0.326 e. The average molecular weight is 301 g/mol. The lowest BCUT2D eigenvalue weighted by molar-refractivity contribution is -0.161. The van der Waals surface area contributed by atoms with E-state index in [0.717, 1.165) is 5.56 Å². The van der Waals surface area contributed by atoms with E-state index >= 15 is 0 Å². The topological polar surface area (TPSA) is 74.7 Å². The van der Waals surface area contributed by atoms with E-state index in [9.17, 15) is 19.5 Å². The molecule has 1 N–H and O–H groups in total. The normalized spacial score (nSPS) is 28.4. The molecular weight excluding hydrogens is 282 g/mol. The summed E-state index contributed by atoms with van der Waals surface area (Å²) in [6.07, 6.45) is 1.72. The standard InChI is InChI=1S/C17H19NO4/c19-13-6-7-14-12(8-13)9-15(17(21)22)18(16(14)20)10-11-4-2-1-3-5-11/h1-5,12,14-15H,6-10H2,(H,21,22)/t12?,14-,15?/m1/s1. The first-order valence-electron chi connectivity index (χ1n) is 7.65. The molecule has 0 aromatic heterocycles. The second-order valence-corrected chi connectivity index (χ2v) is 6.19. The number of fused-ring (bicyclic) bond motifs is 1. The van der Waals surface area contributed by atoms with Crippen LogP contribution >= 0.6 is 0 Å². The van der Waals surface area contributed by atoms with Crippen molar-refractivity contribution in [1.29, 1.82) is 0 Å². The van der Waals surface area contributed by atoms with Crippen molar-refractivity contribution in [3.63, 3.8) is 0 Å². The second-order valence-electron chi connectivity index (χ2n) is 6.19. The fourth-order valence-corrected chi connectivity index (χ4v) is 3.64. The van der Waals surface area contributed by atoms with E-state index < -0.39 is 12.0 Å². The lowest BCUT2D eigenvalue weighted by atomic mass is 9.72. The molecular formula is C17H19NO4. The van der Waals surface area contributed by atoms with E-state index in [1.165, 1.54) is 4.90 Å². The Labute approximate surface area is 128 Å². The molecule has 1 aromatic rings. The van der Waals surface area contributed by atoms with Crippen molar-refractivity contribution in [1.82, 2.24) is 4.90 Å². The minimum absolute atomic E-state index is 0.109. The van der Waals surface area contributed by atoms with E-state index in [4.69, 9.17) is 0 Å². The number of carbonyl (C=O) groups excluding carboxylic acids is 2. The van der Waals surface area contributed by atoms with Crippen LogP contribution in [0.2, 0.25) is 0 Å². The number of aliphatic carboxylic acids is 1. The molecule has 116 valence electrons. The summed E-state index contributed by atoms with van der Waals surface area (Å²) < 4.78 is 0. The molecule has 0 radical (unpaired) electrons. The van der Waals surface area contributed by atoms with Crippen molar-refractivity contribution in [3.8, 4) is 0 Å². The fraction of sp³-hybridized carbons (Fsp3) is 0.471. The van der Waals surface area contributed by atoms with E-state index in [1.54, 1.807) is 0 Å². The first kappa shape index (κ1) is 14.8. The Bertz CT molecular complexity index is 598. The van der Waals surface area contributed by atoms with Gasteiger partial charge in [0.05, 0.1) is 0 Å². The van der Waals surface area contributed by atoms with Gasteiger partial charge in [-0.15, -0.1) is 0 Å². The molecule has 2 unspecified atom stereocenters. The molecule has 1 aliphatic carbocycles. The van der Waals surface area contributed by atoms with Gasteiger partial charge < -0.3 is 10.0 Å². The number of piperidine rings is 1. The zero-order chi connectivity index (χ0) is 15.7. The first-order valence-corrected chi connectivity index (χ1v) is 7.65. The molecule has 5 nitrogen and oxygen atoms in total. The Morgan fingerprint density at radius 3 is 2.64 bits per heavy atom. The van der Waals surface area contributed by atoms with Gasteiger partial charge in [0.2, 0.25) is 5.91 Å². The third-order valence-electron chi connectivity index (χ3n) is 4.78. The maximum atomic E-state index is 12.7. The number of nitrogens with zero attached hydrogens (tertiary/aromatic N) is 1. The molecule has 0 bridgehead atoms. The van der Waals surface area contributed by atoms with Crippen molar-refractivity contribution in [2.24, 2.45) is 11.8 Å². The summed E-state index contributed by atoms with van der Waals surface area (Å²) in [6, 6.07) is 8.59. The summed E-state index contributed by atoms with van der Waals surface area (Å²) in [7, 11) is 0. The van der Waals surface area contributed by atoms with E-state index in [-0.39, 0.29) is 23.5 Å². The molecule has 1 saturated carbocycles. The monoisotopic (exact) mass is 301 g/mol. The van der Waals surface area contributed by atoms with E-state index in [0.29, 0.717) is 32.2 Å². The SMILES string of the molecule is O=C1CC[C@H]2C(=O)N(Cc3ccccc3)C(C(=O)O)CC2C1. The van der Waals surface area contributed by atoms with Gasteiger partial charge >= 0.3 is 5.97 Å².